The zero-order valence-electron chi connectivity index (χ0n) is 10.1. The number of aryl methyl sites for hydroxylation is 1. The van der Waals surface area contributed by atoms with Crippen LogP contribution in [-0.4, -0.2) is 11.0 Å². The van der Waals surface area contributed by atoms with E-state index < -0.39 is 0 Å². The molecule has 0 spiro atoms. The minimum absolute atomic E-state index is 0.108. The van der Waals surface area contributed by atoms with Crippen molar-refractivity contribution in [2.24, 2.45) is 0 Å². The van der Waals surface area contributed by atoms with Crippen LogP contribution in [0.5, 0.6) is 5.75 Å². The van der Waals surface area contributed by atoms with Gasteiger partial charge >= 0.3 is 0 Å². The number of amides is 1. The topological polar surface area (TPSA) is 49.3 Å². The lowest BCUT2D eigenvalue weighted by Crippen LogP contribution is -2.13. The summed E-state index contributed by atoms with van der Waals surface area (Å²) in [6.07, 6.45) is 0. The number of aromatic hydroxyl groups is 1. The van der Waals surface area contributed by atoms with Crippen molar-refractivity contribution < 1.29 is 14.3 Å². The third-order valence-corrected chi connectivity index (χ3v) is 3.29. The van der Waals surface area contributed by atoms with Crippen LogP contribution in [0.3, 0.4) is 0 Å². The number of halogens is 2. The molecule has 0 atom stereocenters. The van der Waals surface area contributed by atoms with Gasteiger partial charge < -0.3 is 10.4 Å². The normalized spacial score (nSPS) is 10.3. The van der Waals surface area contributed by atoms with Crippen LogP contribution < -0.4 is 5.32 Å². The van der Waals surface area contributed by atoms with E-state index in [-0.39, 0.29) is 17.5 Å². The summed E-state index contributed by atoms with van der Waals surface area (Å²) in [6.45, 7) is 1.73. The SMILES string of the molecule is Cc1cc(O)ccc1C(=O)Nc1ccc(F)cc1Br. The number of anilines is 1. The Morgan fingerprint density at radius 1 is 1.26 bits per heavy atom. The maximum Gasteiger partial charge on any atom is 0.255 e. The monoisotopic (exact) mass is 323 g/mol. The quantitative estimate of drug-likeness (QED) is 0.881. The van der Waals surface area contributed by atoms with Crippen molar-refractivity contribution in [2.75, 3.05) is 5.32 Å². The standard InChI is InChI=1S/C14H11BrFNO2/c1-8-6-10(18)3-4-11(8)14(19)17-13-5-2-9(16)7-12(13)15/h2-7,18H,1H3,(H,17,19). The average molecular weight is 324 g/mol. The molecule has 1 amide bonds. The molecule has 98 valence electrons. The van der Waals surface area contributed by atoms with Gasteiger partial charge in [-0.2, -0.15) is 0 Å². The van der Waals surface area contributed by atoms with Gasteiger partial charge in [-0.05, 0) is 64.8 Å². The van der Waals surface area contributed by atoms with Gasteiger partial charge in [0.05, 0.1) is 5.69 Å². The van der Waals surface area contributed by atoms with Crippen LogP contribution in [0.25, 0.3) is 0 Å². The number of phenols is 1. The molecular formula is C14H11BrFNO2. The lowest BCUT2D eigenvalue weighted by atomic mass is 10.1. The number of hydrogen-bond donors (Lipinski definition) is 2. The molecule has 0 aliphatic heterocycles. The fraction of sp³-hybridized carbons (Fsp3) is 0.0714. The molecule has 0 aliphatic rings. The van der Waals surface area contributed by atoms with Gasteiger partial charge in [-0.1, -0.05) is 0 Å². The van der Waals surface area contributed by atoms with Crippen LogP contribution in [0, 0.1) is 12.7 Å². The van der Waals surface area contributed by atoms with Crippen LogP contribution in [-0.2, 0) is 0 Å². The number of benzene rings is 2. The predicted octanol–water partition coefficient (Wildman–Crippen LogP) is 3.85. The van der Waals surface area contributed by atoms with E-state index in [1.807, 2.05) is 0 Å². The second-order valence-corrected chi connectivity index (χ2v) is 4.93. The number of phenolic OH excluding ortho intramolecular Hbond substituents is 1. The second kappa shape index (κ2) is 5.40. The van der Waals surface area contributed by atoms with E-state index in [0.717, 1.165) is 0 Å². The summed E-state index contributed by atoms with van der Waals surface area (Å²) >= 11 is 3.18. The molecule has 19 heavy (non-hydrogen) atoms. The van der Waals surface area contributed by atoms with Crippen molar-refractivity contribution in [1.29, 1.82) is 0 Å². The van der Waals surface area contributed by atoms with Gasteiger partial charge in [-0.15, -0.1) is 0 Å². The van der Waals surface area contributed by atoms with Crippen molar-refractivity contribution in [3.63, 3.8) is 0 Å². The first-order valence-electron chi connectivity index (χ1n) is 5.53. The van der Waals surface area contributed by atoms with Gasteiger partial charge in [0.1, 0.15) is 11.6 Å². The van der Waals surface area contributed by atoms with E-state index in [0.29, 0.717) is 21.3 Å². The molecule has 2 rings (SSSR count). The predicted molar refractivity (Wildman–Crippen MR) is 74.9 cm³/mol. The molecule has 2 N–H and O–H groups in total. The number of nitrogens with one attached hydrogen (secondary N) is 1. The van der Waals surface area contributed by atoms with E-state index in [9.17, 15) is 14.3 Å². The minimum Gasteiger partial charge on any atom is -0.508 e. The molecule has 0 bridgehead atoms. The summed E-state index contributed by atoms with van der Waals surface area (Å²) in [7, 11) is 0. The van der Waals surface area contributed by atoms with E-state index in [4.69, 9.17) is 0 Å². The Balaban J connectivity index is 2.25. The highest BCUT2D eigenvalue weighted by Crippen LogP contribution is 2.24. The number of rotatable bonds is 2. The van der Waals surface area contributed by atoms with Gasteiger partial charge in [-0.3, -0.25) is 4.79 Å². The Kier molecular flexibility index (Phi) is 3.85. The molecule has 0 radical (unpaired) electrons. The molecule has 0 saturated carbocycles. The Bertz CT molecular complexity index is 643. The second-order valence-electron chi connectivity index (χ2n) is 4.08. The summed E-state index contributed by atoms with van der Waals surface area (Å²) in [4.78, 5) is 12.1. The summed E-state index contributed by atoms with van der Waals surface area (Å²) in [5.74, 6) is -0.590. The Hall–Kier alpha value is -1.88. The first-order chi connectivity index (χ1) is 8.97. The third-order valence-electron chi connectivity index (χ3n) is 2.63. The number of carbonyl (C=O) groups excluding carboxylic acids is 1. The first kappa shape index (κ1) is 13.5. The van der Waals surface area contributed by atoms with Crippen molar-refractivity contribution in [3.8, 4) is 5.75 Å². The van der Waals surface area contributed by atoms with Crippen LogP contribution in [0.1, 0.15) is 15.9 Å². The Labute approximate surface area is 118 Å². The molecule has 0 saturated heterocycles. The van der Waals surface area contributed by atoms with Gasteiger partial charge in [-0.25, -0.2) is 4.39 Å². The lowest BCUT2D eigenvalue weighted by molar-refractivity contribution is 0.102. The van der Waals surface area contributed by atoms with E-state index >= 15 is 0 Å². The molecule has 0 aromatic heterocycles. The fourth-order valence-corrected chi connectivity index (χ4v) is 2.13. The Morgan fingerprint density at radius 3 is 2.63 bits per heavy atom. The highest BCUT2D eigenvalue weighted by atomic mass is 79.9. The highest BCUT2D eigenvalue weighted by molar-refractivity contribution is 9.10. The summed E-state index contributed by atoms with van der Waals surface area (Å²) in [5, 5.41) is 12.0. The van der Waals surface area contributed by atoms with Crippen LogP contribution in [0.2, 0.25) is 0 Å². The van der Waals surface area contributed by atoms with Gasteiger partial charge in [0.15, 0.2) is 0 Å². The first-order valence-corrected chi connectivity index (χ1v) is 6.32. The molecule has 0 unspecified atom stereocenters. The largest absolute Gasteiger partial charge is 0.508 e. The molecule has 0 heterocycles. The van der Waals surface area contributed by atoms with Gasteiger partial charge in [0.25, 0.3) is 5.91 Å². The summed E-state index contributed by atoms with van der Waals surface area (Å²) in [5.41, 5.74) is 1.60. The average Bonchev–Trinajstić information content (AvgIpc) is 2.32. The molecule has 0 aliphatic carbocycles. The van der Waals surface area contributed by atoms with Gasteiger partial charge in [0.2, 0.25) is 0 Å². The van der Waals surface area contributed by atoms with E-state index in [2.05, 4.69) is 21.2 Å². The molecule has 2 aromatic rings. The van der Waals surface area contributed by atoms with Crippen LogP contribution >= 0.6 is 15.9 Å². The molecule has 0 fully saturated rings. The maximum absolute atomic E-state index is 12.9. The third kappa shape index (κ3) is 3.12. The molecule has 5 heteroatoms. The van der Waals surface area contributed by atoms with Crippen LogP contribution in [0.4, 0.5) is 10.1 Å². The maximum atomic E-state index is 12.9. The van der Waals surface area contributed by atoms with Crippen molar-refractivity contribution in [1.82, 2.24) is 0 Å². The highest BCUT2D eigenvalue weighted by Gasteiger charge is 2.11. The van der Waals surface area contributed by atoms with Crippen LogP contribution in [0.15, 0.2) is 40.9 Å². The van der Waals surface area contributed by atoms with Crippen molar-refractivity contribution in [2.45, 2.75) is 6.92 Å². The number of hydrogen-bond acceptors (Lipinski definition) is 2. The molecular weight excluding hydrogens is 313 g/mol. The molecule has 2 aromatic carbocycles. The van der Waals surface area contributed by atoms with Crippen molar-refractivity contribution >= 4 is 27.5 Å². The zero-order chi connectivity index (χ0) is 14.0. The fourth-order valence-electron chi connectivity index (χ4n) is 1.68. The zero-order valence-corrected chi connectivity index (χ0v) is 11.7. The number of carbonyl (C=O) groups is 1. The molecule has 3 nitrogen and oxygen atoms in total. The van der Waals surface area contributed by atoms with E-state index in [1.165, 1.54) is 36.4 Å². The summed E-state index contributed by atoms with van der Waals surface area (Å²) < 4.78 is 13.4. The van der Waals surface area contributed by atoms with E-state index in [1.54, 1.807) is 6.92 Å². The minimum atomic E-state index is -0.384. The van der Waals surface area contributed by atoms with Crippen molar-refractivity contribution in [3.05, 3.63) is 57.8 Å². The Morgan fingerprint density at radius 2 is 2.00 bits per heavy atom. The smallest absolute Gasteiger partial charge is 0.255 e. The van der Waals surface area contributed by atoms with Gasteiger partial charge in [0, 0.05) is 10.0 Å². The lowest BCUT2D eigenvalue weighted by Gasteiger charge is -2.09. The summed E-state index contributed by atoms with van der Waals surface area (Å²) in [6, 6.07) is 8.52.